The SMILES string of the molecule is O=C(Oc1cccc(F)c1F)C1CCC(C2CCCCC2)CC1. The predicted octanol–water partition coefficient (Wildman–Crippen LogP) is 5.26. The quantitative estimate of drug-likeness (QED) is 0.561. The monoisotopic (exact) mass is 322 g/mol. The maximum absolute atomic E-state index is 13.6. The van der Waals surface area contributed by atoms with Crippen molar-refractivity contribution in [1.29, 1.82) is 0 Å². The zero-order valence-electron chi connectivity index (χ0n) is 13.4. The fourth-order valence-corrected chi connectivity index (χ4v) is 4.19. The molecule has 126 valence electrons. The summed E-state index contributed by atoms with van der Waals surface area (Å²) in [4.78, 5) is 12.2. The summed E-state index contributed by atoms with van der Waals surface area (Å²) in [5.41, 5.74) is 0. The molecule has 2 nitrogen and oxygen atoms in total. The first-order chi connectivity index (χ1) is 11.1. The highest BCUT2D eigenvalue weighted by Gasteiger charge is 2.32. The lowest BCUT2D eigenvalue weighted by molar-refractivity contribution is -0.140. The number of halogens is 2. The molecule has 0 atom stereocenters. The van der Waals surface area contributed by atoms with Gasteiger partial charge in [0.15, 0.2) is 11.6 Å². The fraction of sp³-hybridized carbons (Fsp3) is 0.632. The summed E-state index contributed by atoms with van der Waals surface area (Å²) in [6.45, 7) is 0. The standard InChI is InChI=1S/C19H24F2O2/c20-16-7-4-8-17(18(16)21)23-19(22)15-11-9-14(10-12-15)13-5-2-1-3-6-13/h4,7-8,13-15H,1-3,5-6,9-12H2. The van der Waals surface area contributed by atoms with Gasteiger partial charge in [0.1, 0.15) is 0 Å². The van der Waals surface area contributed by atoms with Crippen LogP contribution >= 0.6 is 0 Å². The van der Waals surface area contributed by atoms with Gasteiger partial charge in [0.05, 0.1) is 5.92 Å². The average molecular weight is 322 g/mol. The Morgan fingerprint density at radius 2 is 1.57 bits per heavy atom. The molecule has 2 aliphatic carbocycles. The predicted molar refractivity (Wildman–Crippen MR) is 84.0 cm³/mol. The minimum atomic E-state index is -1.09. The van der Waals surface area contributed by atoms with Crippen molar-refractivity contribution in [3.05, 3.63) is 29.8 Å². The van der Waals surface area contributed by atoms with Gasteiger partial charge in [-0.15, -0.1) is 0 Å². The van der Waals surface area contributed by atoms with E-state index in [0.29, 0.717) is 0 Å². The van der Waals surface area contributed by atoms with E-state index in [9.17, 15) is 13.6 Å². The number of carbonyl (C=O) groups is 1. The smallest absolute Gasteiger partial charge is 0.314 e. The van der Waals surface area contributed by atoms with E-state index in [1.54, 1.807) is 0 Å². The van der Waals surface area contributed by atoms with E-state index in [2.05, 4.69) is 0 Å². The van der Waals surface area contributed by atoms with Gasteiger partial charge in [-0.25, -0.2) is 4.39 Å². The zero-order chi connectivity index (χ0) is 16.2. The summed E-state index contributed by atoms with van der Waals surface area (Å²) in [6, 6.07) is 3.66. The number of esters is 1. The molecular formula is C19H24F2O2. The summed E-state index contributed by atoms with van der Waals surface area (Å²) in [7, 11) is 0. The number of rotatable bonds is 3. The number of carbonyl (C=O) groups excluding carboxylic acids is 1. The van der Waals surface area contributed by atoms with Crippen molar-refractivity contribution in [2.75, 3.05) is 0 Å². The molecule has 3 rings (SSSR count). The van der Waals surface area contributed by atoms with Crippen LogP contribution in [-0.2, 0) is 4.79 Å². The van der Waals surface area contributed by atoms with Gasteiger partial charge in [0.25, 0.3) is 0 Å². The first kappa shape index (κ1) is 16.4. The molecule has 2 fully saturated rings. The van der Waals surface area contributed by atoms with Crippen molar-refractivity contribution in [2.45, 2.75) is 57.8 Å². The topological polar surface area (TPSA) is 26.3 Å². The van der Waals surface area contributed by atoms with Gasteiger partial charge in [0.2, 0.25) is 5.82 Å². The molecule has 2 saturated carbocycles. The van der Waals surface area contributed by atoms with E-state index in [-0.39, 0.29) is 11.7 Å². The van der Waals surface area contributed by atoms with Crippen molar-refractivity contribution in [2.24, 2.45) is 17.8 Å². The van der Waals surface area contributed by atoms with Gasteiger partial charge in [-0.2, -0.15) is 4.39 Å². The molecule has 2 aliphatic rings. The van der Waals surface area contributed by atoms with Crippen molar-refractivity contribution in [1.82, 2.24) is 0 Å². The van der Waals surface area contributed by atoms with E-state index in [1.807, 2.05) is 0 Å². The summed E-state index contributed by atoms with van der Waals surface area (Å²) in [5.74, 6) is -1.43. The molecule has 0 aromatic heterocycles. The highest BCUT2D eigenvalue weighted by molar-refractivity contribution is 5.75. The third kappa shape index (κ3) is 3.91. The molecule has 0 unspecified atom stereocenters. The summed E-state index contributed by atoms with van der Waals surface area (Å²) in [5, 5.41) is 0. The number of benzene rings is 1. The van der Waals surface area contributed by atoms with E-state index < -0.39 is 17.6 Å². The minimum absolute atomic E-state index is 0.183. The van der Waals surface area contributed by atoms with Crippen LogP contribution in [0.2, 0.25) is 0 Å². The van der Waals surface area contributed by atoms with Crippen LogP contribution in [0, 0.1) is 29.4 Å². The molecular weight excluding hydrogens is 298 g/mol. The van der Waals surface area contributed by atoms with E-state index in [1.165, 1.54) is 44.2 Å². The average Bonchev–Trinajstić information content (AvgIpc) is 2.60. The second kappa shape index (κ2) is 7.41. The Hall–Kier alpha value is -1.45. The largest absolute Gasteiger partial charge is 0.423 e. The van der Waals surface area contributed by atoms with E-state index >= 15 is 0 Å². The van der Waals surface area contributed by atoms with Gasteiger partial charge >= 0.3 is 5.97 Å². The Morgan fingerprint density at radius 1 is 0.913 bits per heavy atom. The van der Waals surface area contributed by atoms with E-state index in [4.69, 9.17) is 4.74 Å². The van der Waals surface area contributed by atoms with Gasteiger partial charge in [-0.05, 0) is 49.7 Å². The third-order valence-corrected chi connectivity index (χ3v) is 5.55. The van der Waals surface area contributed by atoms with Crippen molar-refractivity contribution in [3.63, 3.8) is 0 Å². The molecule has 23 heavy (non-hydrogen) atoms. The molecule has 0 amide bonds. The molecule has 1 aromatic carbocycles. The van der Waals surface area contributed by atoms with Gasteiger partial charge in [-0.3, -0.25) is 4.79 Å². The number of ether oxygens (including phenoxy) is 1. The van der Waals surface area contributed by atoms with Crippen LogP contribution in [0.25, 0.3) is 0 Å². The van der Waals surface area contributed by atoms with Crippen molar-refractivity contribution >= 4 is 5.97 Å². The normalized spacial score (nSPS) is 26.0. The second-order valence-corrected chi connectivity index (χ2v) is 6.98. The molecule has 0 bridgehead atoms. The van der Waals surface area contributed by atoms with Crippen LogP contribution < -0.4 is 4.74 Å². The summed E-state index contributed by atoms with van der Waals surface area (Å²) in [6.07, 6.45) is 10.4. The van der Waals surface area contributed by atoms with Gasteiger partial charge in [-0.1, -0.05) is 38.2 Å². The third-order valence-electron chi connectivity index (χ3n) is 5.55. The summed E-state index contributed by atoms with van der Waals surface area (Å²) >= 11 is 0. The molecule has 0 saturated heterocycles. The van der Waals surface area contributed by atoms with Gasteiger partial charge < -0.3 is 4.74 Å². The lowest BCUT2D eigenvalue weighted by atomic mass is 9.71. The molecule has 4 heteroatoms. The van der Waals surface area contributed by atoms with Crippen LogP contribution in [0.4, 0.5) is 8.78 Å². The fourth-order valence-electron chi connectivity index (χ4n) is 4.19. The first-order valence-corrected chi connectivity index (χ1v) is 8.81. The van der Waals surface area contributed by atoms with Crippen LogP contribution in [0.5, 0.6) is 5.75 Å². The van der Waals surface area contributed by atoms with Crippen molar-refractivity contribution in [3.8, 4) is 5.75 Å². The molecule has 0 heterocycles. The number of hydrogen-bond acceptors (Lipinski definition) is 2. The second-order valence-electron chi connectivity index (χ2n) is 6.98. The molecule has 1 aromatic rings. The van der Waals surface area contributed by atoms with Crippen LogP contribution in [0.1, 0.15) is 57.8 Å². The first-order valence-electron chi connectivity index (χ1n) is 8.81. The maximum Gasteiger partial charge on any atom is 0.314 e. The van der Waals surface area contributed by atoms with Crippen molar-refractivity contribution < 1.29 is 18.3 Å². The van der Waals surface area contributed by atoms with E-state index in [0.717, 1.165) is 43.6 Å². The Kier molecular flexibility index (Phi) is 5.29. The lowest BCUT2D eigenvalue weighted by Gasteiger charge is -2.35. The highest BCUT2D eigenvalue weighted by Crippen LogP contribution is 2.40. The Labute approximate surface area is 136 Å². The van der Waals surface area contributed by atoms with Gasteiger partial charge in [0, 0.05) is 0 Å². The Balaban J connectivity index is 1.53. The molecule has 0 spiro atoms. The maximum atomic E-state index is 13.6. The summed E-state index contributed by atoms with van der Waals surface area (Å²) < 4.78 is 31.8. The molecule has 0 radical (unpaired) electrons. The Morgan fingerprint density at radius 3 is 2.26 bits per heavy atom. The van der Waals surface area contributed by atoms with Crippen LogP contribution in [0.3, 0.4) is 0 Å². The zero-order valence-corrected chi connectivity index (χ0v) is 13.4. The van der Waals surface area contributed by atoms with Crippen LogP contribution in [-0.4, -0.2) is 5.97 Å². The number of hydrogen-bond donors (Lipinski definition) is 0. The molecule has 0 N–H and O–H groups in total. The van der Waals surface area contributed by atoms with Crippen LogP contribution in [0.15, 0.2) is 18.2 Å². The lowest BCUT2D eigenvalue weighted by Crippen LogP contribution is -2.29. The highest BCUT2D eigenvalue weighted by atomic mass is 19.2. The minimum Gasteiger partial charge on any atom is -0.423 e. The molecule has 0 aliphatic heterocycles. The Bertz CT molecular complexity index is 544.